The lowest BCUT2D eigenvalue weighted by Crippen LogP contribution is -2.60. The second kappa shape index (κ2) is 25.4. The third-order valence-corrected chi connectivity index (χ3v) is 15.0. The van der Waals surface area contributed by atoms with Gasteiger partial charge in [0.15, 0.2) is 12.4 Å². The summed E-state index contributed by atoms with van der Waals surface area (Å²) in [5.74, 6) is -0.642. The van der Waals surface area contributed by atoms with Gasteiger partial charge in [0.05, 0.1) is 42.0 Å². The van der Waals surface area contributed by atoms with Crippen LogP contribution in [0.15, 0.2) is 94.4 Å². The van der Waals surface area contributed by atoms with E-state index in [1.165, 1.54) is 24.3 Å². The summed E-state index contributed by atoms with van der Waals surface area (Å²) in [6.45, 7) is 11.9. The van der Waals surface area contributed by atoms with Crippen LogP contribution >= 0.6 is 0 Å². The van der Waals surface area contributed by atoms with Gasteiger partial charge in [0.1, 0.15) is 18.3 Å². The summed E-state index contributed by atoms with van der Waals surface area (Å²) in [6, 6.07) is 8.67. The third-order valence-electron chi connectivity index (χ3n) is 12.5. The molecule has 2 amide bonds. The number of nitrogens with one attached hydrogen (secondary N) is 1. The molecule has 0 bridgehead atoms. The second-order valence-electron chi connectivity index (χ2n) is 18.0. The van der Waals surface area contributed by atoms with Gasteiger partial charge in [0.2, 0.25) is 5.91 Å². The molecule has 4 rings (SSSR count). The summed E-state index contributed by atoms with van der Waals surface area (Å²) >= 11 is 0. The molecule has 0 radical (unpaired) electrons. The zero-order chi connectivity index (χ0) is 53.0. The van der Waals surface area contributed by atoms with Crippen LogP contribution in [-0.4, -0.2) is 142 Å². The molecule has 0 spiro atoms. The van der Waals surface area contributed by atoms with Crippen molar-refractivity contribution in [2.75, 3.05) is 50.2 Å². The number of nitrogens with zero attached hydrogens (tertiary/aromatic N) is 1. The van der Waals surface area contributed by atoms with Gasteiger partial charge in [0.25, 0.3) is 30.4 Å². The summed E-state index contributed by atoms with van der Waals surface area (Å²) in [4.78, 5) is 25.3. The number of carbonyl (C=O) groups excluding carboxylic acids is 2. The molecule has 2 aromatic rings. The first-order chi connectivity index (χ1) is 33.1. The van der Waals surface area contributed by atoms with E-state index in [9.17, 15) is 63.8 Å². The molecular weight excluding hydrogens is 991 g/mol. The van der Waals surface area contributed by atoms with Crippen molar-refractivity contribution in [3.05, 3.63) is 101 Å². The lowest BCUT2D eigenvalue weighted by atomic mass is 9.71. The summed E-state index contributed by atoms with van der Waals surface area (Å²) in [7, 11) is -13.3. The number of nitrogens with two attached hydrogens (primary N) is 1. The summed E-state index contributed by atoms with van der Waals surface area (Å²) in [6.07, 6.45) is 3.43. The van der Waals surface area contributed by atoms with Crippen molar-refractivity contribution in [1.82, 2.24) is 5.32 Å². The highest BCUT2D eigenvalue weighted by molar-refractivity contribution is 7.86. The fourth-order valence-corrected chi connectivity index (χ4v) is 10.2. The van der Waals surface area contributed by atoms with Crippen molar-refractivity contribution in [2.24, 2.45) is 5.73 Å². The zero-order valence-electron chi connectivity index (χ0n) is 40.2. The molecule has 21 nitrogen and oxygen atoms in total. The van der Waals surface area contributed by atoms with Crippen molar-refractivity contribution in [3.63, 3.8) is 0 Å². The molecule has 396 valence electrons. The van der Waals surface area contributed by atoms with E-state index in [4.69, 9.17) is 24.7 Å². The number of aliphatic hydroxyl groups is 3. The van der Waals surface area contributed by atoms with Gasteiger partial charge < -0.3 is 50.2 Å². The fourth-order valence-electron chi connectivity index (χ4n) is 8.58. The average molecular weight is 1060 g/mol. The highest BCUT2D eigenvalue weighted by Crippen LogP contribution is 2.48. The second-order valence-corrected chi connectivity index (χ2v) is 22.4. The smallest absolute Gasteiger partial charge is 0.404 e. The van der Waals surface area contributed by atoms with Gasteiger partial charge in [-0.05, 0) is 91.3 Å². The normalized spacial score (nSPS) is 21.9. The number of ether oxygens (including phenoxy) is 4. The van der Waals surface area contributed by atoms with E-state index in [0.29, 0.717) is 60.9 Å². The molecule has 71 heavy (non-hydrogen) atoms. The number of allylic oxidation sites excluding steroid dienone is 7. The molecule has 24 heteroatoms. The first-order valence-electron chi connectivity index (χ1n) is 22.8. The van der Waals surface area contributed by atoms with Crippen LogP contribution in [0.25, 0.3) is 0 Å². The fraction of sp³-hybridized carbons (Fsp3) is 0.532. The molecule has 2 heterocycles. The van der Waals surface area contributed by atoms with Crippen LogP contribution < -0.4 is 16.0 Å². The van der Waals surface area contributed by atoms with E-state index in [1.54, 1.807) is 43.4 Å². The van der Waals surface area contributed by atoms with E-state index >= 15 is 0 Å². The number of benzene rings is 2. The maximum absolute atomic E-state index is 12.6. The summed E-state index contributed by atoms with van der Waals surface area (Å²) < 4.78 is 121. The molecule has 0 saturated carbocycles. The Morgan fingerprint density at radius 3 is 2.23 bits per heavy atom. The monoisotopic (exact) mass is 1060 g/mol. The number of fused-ring (bicyclic) bond motifs is 1. The largest absolute Gasteiger partial charge is 0.441 e. The van der Waals surface area contributed by atoms with E-state index in [-0.39, 0.29) is 54.9 Å². The Bertz CT molecular complexity index is 2640. The number of aryl methyl sites for hydroxylation is 1. The molecule has 2 aliphatic heterocycles. The molecule has 0 aliphatic carbocycles. The van der Waals surface area contributed by atoms with Crippen molar-refractivity contribution < 1.29 is 82.8 Å². The number of hydrogen-bond acceptors (Lipinski definition) is 16. The van der Waals surface area contributed by atoms with Gasteiger partial charge >= 0.3 is 6.09 Å². The molecule has 9 N–H and O–H groups in total. The lowest BCUT2D eigenvalue weighted by Gasteiger charge is -2.40. The van der Waals surface area contributed by atoms with Crippen LogP contribution in [0.3, 0.4) is 0 Å². The van der Waals surface area contributed by atoms with Crippen molar-refractivity contribution >= 4 is 48.0 Å². The molecular formula is C47H67N3O18S3. The number of primary amides is 1. The van der Waals surface area contributed by atoms with Crippen molar-refractivity contribution in [2.45, 2.75) is 124 Å². The molecule has 0 aromatic heterocycles. The Morgan fingerprint density at radius 2 is 1.58 bits per heavy atom. The van der Waals surface area contributed by atoms with Crippen molar-refractivity contribution in [1.29, 1.82) is 0 Å². The van der Waals surface area contributed by atoms with Crippen LogP contribution in [0.5, 0.6) is 0 Å². The number of aliphatic hydroxyl groups excluding tert-OH is 3. The van der Waals surface area contributed by atoms with E-state index in [0.717, 1.165) is 11.4 Å². The molecule has 2 aliphatic rings. The Hall–Kier alpha value is -4.57. The van der Waals surface area contributed by atoms with Gasteiger partial charge in [0, 0.05) is 41.7 Å². The topological polar surface area (TPSA) is 336 Å². The van der Waals surface area contributed by atoms with Crippen LogP contribution in [0.4, 0.5) is 10.5 Å². The minimum Gasteiger partial charge on any atom is -0.441 e. The Morgan fingerprint density at radius 1 is 0.901 bits per heavy atom. The number of anilines is 1. The number of rotatable bonds is 27. The highest BCUT2D eigenvalue weighted by atomic mass is 32.2. The Balaban J connectivity index is 1.36. The first-order valence-corrected chi connectivity index (χ1v) is 27.3. The minimum absolute atomic E-state index is 0.0346. The minimum atomic E-state index is -4.55. The Kier molecular flexibility index (Phi) is 21.1. The molecule has 6 atom stereocenters. The maximum atomic E-state index is 12.6. The van der Waals surface area contributed by atoms with E-state index in [2.05, 4.69) is 16.8 Å². The summed E-state index contributed by atoms with van der Waals surface area (Å²) in [5, 5.41) is 32.9. The van der Waals surface area contributed by atoms with E-state index in [1.807, 2.05) is 26.8 Å². The standard InChI is InChI=1S/C47H67N3O18S3/c1-31-17-18-33(70(59,60)61)28-35(31)47(5,21-11-13-27-69(56,57)58)32(2)14-8-6-9-15-39-46(3,4)36-29-34(71(62,63)64)19-20-37(36)50(39)23-12-7-10-16-40(52)49-22-24-65-25-26-66-44-42(54)43(68-45(48)55)41(53)38(30-51)67-44/h6,8-9,14-15,17-20,28-29,38,41-44,51,53-54H,2,7,10-13,16,21-27,30H2,1,3-5H3,(H2,48,55)(H,49,52)(H,56,57,58)(H,59,60,61)(H,62,63,64)/b9-6+,14-8+,39-15+/t38-,41-,42+,43+,44+,47?/m1/s1. The number of unbranched alkanes of at least 4 members (excludes halogenated alkanes) is 3. The van der Waals surface area contributed by atoms with Crippen LogP contribution in [0.1, 0.15) is 82.4 Å². The number of hydrogen-bond donors (Lipinski definition) is 8. The van der Waals surface area contributed by atoms with Gasteiger partial charge in [-0.25, -0.2) is 4.79 Å². The molecule has 2 aromatic carbocycles. The van der Waals surface area contributed by atoms with Crippen LogP contribution in [0, 0.1) is 6.92 Å². The first kappa shape index (κ1) is 59.0. The predicted octanol–water partition coefficient (Wildman–Crippen LogP) is 3.77. The van der Waals surface area contributed by atoms with Gasteiger partial charge in [-0.2, -0.15) is 25.3 Å². The highest BCUT2D eigenvalue weighted by Gasteiger charge is 2.47. The Labute approximate surface area is 415 Å². The number of amides is 2. The lowest BCUT2D eigenvalue weighted by molar-refractivity contribution is -0.301. The maximum Gasteiger partial charge on any atom is 0.404 e. The van der Waals surface area contributed by atoms with Gasteiger partial charge in [-0.3, -0.25) is 18.5 Å². The SMILES string of the molecule is C=C(/C=C/C=C/C=C1/N(CCCCCC(=O)NCCOCCO[C@H]2O[C@H](CO)[C@@H](O)[C@H](OC(N)=O)[C@@H]2O)c2ccc(S(=O)(=O)O)cc2C1(C)C)C(C)(CCCCS(=O)(=O)O)c1cc(S(=O)(=O)O)ccc1C. The number of carbonyl (C=O) groups is 2. The van der Waals surface area contributed by atoms with Gasteiger partial charge in [-0.1, -0.05) is 70.6 Å². The average Bonchev–Trinajstić information content (AvgIpc) is 3.49. The predicted molar refractivity (Wildman–Crippen MR) is 261 cm³/mol. The molecule has 1 saturated heterocycles. The van der Waals surface area contributed by atoms with Crippen LogP contribution in [0.2, 0.25) is 0 Å². The van der Waals surface area contributed by atoms with Crippen molar-refractivity contribution in [3.8, 4) is 0 Å². The summed E-state index contributed by atoms with van der Waals surface area (Å²) in [5.41, 5.74) is 7.44. The quantitative estimate of drug-likeness (QED) is 0.0359. The molecule has 1 unspecified atom stereocenters. The van der Waals surface area contributed by atoms with Crippen LogP contribution in [-0.2, 0) is 64.9 Å². The zero-order valence-corrected chi connectivity index (χ0v) is 42.6. The third kappa shape index (κ3) is 16.5. The van der Waals surface area contributed by atoms with E-state index < -0.39 is 90.3 Å². The molecule has 1 fully saturated rings. The van der Waals surface area contributed by atoms with Gasteiger partial charge in [-0.15, -0.1) is 0 Å².